The van der Waals surface area contributed by atoms with Crippen molar-refractivity contribution in [2.45, 2.75) is 18.4 Å². The van der Waals surface area contributed by atoms with Gasteiger partial charge >= 0.3 is 0 Å². The molecule has 6 heteroatoms. The lowest BCUT2D eigenvalue weighted by Crippen LogP contribution is -2.40. The molecule has 5 nitrogen and oxygen atoms in total. The van der Waals surface area contributed by atoms with Gasteiger partial charge < -0.3 is 5.32 Å². The molecule has 0 aliphatic heterocycles. The molecule has 2 aromatic rings. The van der Waals surface area contributed by atoms with Crippen molar-refractivity contribution >= 4 is 15.9 Å². The normalized spacial score (nSPS) is 11.1. The summed E-state index contributed by atoms with van der Waals surface area (Å²) in [6.45, 7) is 1.74. The van der Waals surface area contributed by atoms with Crippen LogP contribution in [0.15, 0.2) is 59.5 Å². The fourth-order valence-electron chi connectivity index (χ4n) is 2.24. The molecule has 1 amide bonds. The molecular formula is C19H20N2O3S. The molecule has 0 aromatic heterocycles. The van der Waals surface area contributed by atoms with Crippen molar-refractivity contribution < 1.29 is 13.2 Å². The first-order valence-electron chi connectivity index (χ1n) is 7.74. The Morgan fingerprint density at radius 3 is 2.36 bits per heavy atom. The summed E-state index contributed by atoms with van der Waals surface area (Å²) in [5.74, 6) is 1.86. The van der Waals surface area contributed by atoms with Crippen molar-refractivity contribution in [2.24, 2.45) is 0 Å². The van der Waals surface area contributed by atoms with E-state index in [-0.39, 0.29) is 24.5 Å². The fraction of sp³-hybridized carbons (Fsp3) is 0.211. The van der Waals surface area contributed by atoms with Crippen LogP contribution in [0.25, 0.3) is 0 Å². The highest BCUT2D eigenvalue weighted by atomic mass is 32.2. The minimum absolute atomic E-state index is 0.0581. The van der Waals surface area contributed by atoms with Crippen molar-refractivity contribution in [3.8, 4) is 12.3 Å². The molecule has 0 radical (unpaired) electrons. The van der Waals surface area contributed by atoms with Crippen LogP contribution in [0.1, 0.15) is 11.1 Å². The summed E-state index contributed by atoms with van der Waals surface area (Å²) in [6, 6.07) is 15.7. The van der Waals surface area contributed by atoms with Gasteiger partial charge in [0.05, 0.1) is 18.0 Å². The molecule has 25 heavy (non-hydrogen) atoms. The van der Waals surface area contributed by atoms with E-state index in [1.54, 1.807) is 24.3 Å². The summed E-state index contributed by atoms with van der Waals surface area (Å²) in [7, 11) is -3.82. The zero-order chi connectivity index (χ0) is 18.3. The van der Waals surface area contributed by atoms with Crippen molar-refractivity contribution in [1.82, 2.24) is 9.62 Å². The maximum absolute atomic E-state index is 13.0. The van der Waals surface area contributed by atoms with E-state index in [0.717, 1.165) is 15.4 Å². The van der Waals surface area contributed by atoms with Crippen molar-refractivity contribution in [3.63, 3.8) is 0 Å². The Bertz CT molecular complexity index is 854. The highest BCUT2D eigenvalue weighted by Crippen LogP contribution is 2.18. The second-order valence-electron chi connectivity index (χ2n) is 5.55. The van der Waals surface area contributed by atoms with Crippen molar-refractivity contribution in [2.75, 3.05) is 13.1 Å². The van der Waals surface area contributed by atoms with E-state index < -0.39 is 15.9 Å². The van der Waals surface area contributed by atoms with Gasteiger partial charge in [-0.1, -0.05) is 53.9 Å². The number of hydrogen-bond acceptors (Lipinski definition) is 3. The molecule has 0 aliphatic carbocycles. The van der Waals surface area contributed by atoms with Gasteiger partial charge in [-0.2, -0.15) is 4.31 Å². The Balaban J connectivity index is 2.30. The van der Waals surface area contributed by atoms with E-state index in [0.29, 0.717) is 0 Å². The number of nitrogens with zero attached hydrogens (tertiary/aromatic N) is 1. The zero-order valence-corrected chi connectivity index (χ0v) is 14.8. The Kier molecular flexibility index (Phi) is 6.34. The van der Waals surface area contributed by atoms with Gasteiger partial charge in [-0.3, -0.25) is 4.79 Å². The number of nitrogens with one attached hydrogen (secondary N) is 1. The third-order valence-corrected chi connectivity index (χ3v) is 5.37. The van der Waals surface area contributed by atoms with E-state index in [4.69, 9.17) is 6.42 Å². The first-order chi connectivity index (χ1) is 11.9. The Labute approximate surface area is 148 Å². The van der Waals surface area contributed by atoms with Gasteiger partial charge in [-0.25, -0.2) is 8.42 Å². The number of rotatable bonds is 7. The standard InChI is InChI=1S/C19H20N2O3S/c1-3-13-20-19(22)15-21(14-17-7-5-4-6-8-17)25(23,24)18-11-9-16(2)10-12-18/h1,4-12H,13-15H2,2H3,(H,20,22). The number of terminal acetylenes is 1. The smallest absolute Gasteiger partial charge is 0.243 e. The quantitative estimate of drug-likeness (QED) is 0.771. The molecule has 0 saturated heterocycles. The molecule has 1 N–H and O–H groups in total. The number of amides is 1. The molecule has 0 spiro atoms. The summed E-state index contributed by atoms with van der Waals surface area (Å²) < 4.78 is 27.1. The molecule has 0 atom stereocenters. The predicted octanol–water partition coefficient (Wildman–Crippen LogP) is 1.94. The average Bonchev–Trinajstić information content (AvgIpc) is 2.60. The minimum atomic E-state index is -3.82. The van der Waals surface area contributed by atoms with Gasteiger partial charge in [-0.15, -0.1) is 6.42 Å². The summed E-state index contributed by atoms with van der Waals surface area (Å²) in [5.41, 5.74) is 1.75. The number of carbonyl (C=O) groups excluding carboxylic acids is 1. The van der Waals surface area contributed by atoms with E-state index in [1.165, 1.54) is 0 Å². The molecule has 0 saturated carbocycles. The van der Waals surface area contributed by atoms with E-state index in [1.807, 2.05) is 37.3 Å². The third kappa shape index (κ3) is 5.18. The zero-order valence-electron chi connectivity index (χ0n) is 14.0. The topological polar surface area (TPSA) is 66.5 Å². The van der Waals surface area contributed by atoms with Crippen LogP contribution in [0.2, 0.25) is 0 Å². The highest BCUT2D eigenvalue weighted by Gasteiger charge is 2.26. The van der Waals surface area contributed by atoms with E-state index in [2.05, 4.69) is 11.2 Å². The van der Waals surface area contributed by atoms with Gasteiger partial charge in [0.25, 0.3) is 0 Å². The van der Waals surface area contributed by atoms with Crippen LogP contribution in [0, 0.1) is 19.3 Å². The van der Waals surface area contributed by atoms with Crippen LogP contribution in [-0.2, 0) is 21.4 Å². The molecule has 0 heterocycles. The molecule has 0 fully saturated rings. The molecule has 0 unspecified atom stereocenters. The number of aryl methyl sites for hydroxylation is 1. The maximum Gasteiger partial charge on any atom is 0.243 e. The van der Waals surface area contributed by atoms with Gasteiger partial charge in [0.1, 0.15) is 0 Å². The van der Waals surface area contributed by atoms with Crippen LogP contribution < -0.4 is 5.32 Å². The molecular weight excluding hydrogens is 336 g/mol. The number of hydrogen-bond donors (Lipinski definition) is 1. The first kappa shape index (κ1) is 18.7. The lowest BCUT2D eigenvalue weighted by atomic mass is 10.2. The molecule has 0 bridgehead atoms. The monoisotopic (exact) mass is 356 g/mol. The fourth-order valence-corrected chi connectivity index (χ4v) is 3.62. The summed E-state index contributed by atoms with van der Waals surface area (Å²) >= 11 is 0. The molecule has 0 aliphatic rings. The van der Waals surface area contributed by atoms with Crippen LogP contribution in [0.5, 0.6) is 0 Å². The summed E-state index contributed by atoms with van der Waals surface area (Å²) in [6.07, 6.45) is 5.13. The Hall–Kier alpha value is -2.62. The summed E-state index contributed by atoms with van der Waals surface area (Å²) in [4.78, 5) is 12.2. The van der Waals surface area contributed by atoms with Gasteiger partial charge in [-0.05, 0) is 24.6 Å². The van der Waals surface area contributed by atoms with Crippen LogP contribution >= 0.6 is 0 Å². The van der Waals surface area contributed by atoms with Gasteiger partial charge in [0.15, 0.2) is 0 Å². The lowest BCUT2D eigenvalue weighted by molar-refractivity contribution is -0.121. The van der Waals surface area contributed by atoms with Crippen LogP contribution in [0.4, 0.5) is 0 Å². The van der Waals surface area contributed by atoms with Crippen LogP contribution in [0.3, 0.4) is 0 Å². The number of benzene rings is 2. The average molecular weight is 356 g/mol. The highest BCUT2D eigenvalue weighted by molar-refractivity contribution is 7.89. The van der Waals surface area contributed by atoms with E-state index >= 15 is 0 Å². The third-order valence-electron chi connectivity index (χ3n) is 3.57. The SMILES string of the molecule is C#CCNC(=O)CN(Cc1ccccc1)S(=O)(=O)c1ccc(C)cc1. The second-order valence-corrected chi connectivity index (χ2v) is 7.49. The maximum atomic E-state index is 13.0. The molecule has 2 rings (SSSR count). The summed E-state index contributed by atoms with van der Waals surface area (Å²) in [5, 5.41) is 2.50. The lowest BCUT2D eigenvalue weighted by Gasteiger charge is -2.22. The number of carbonyl (C=O) groups is 1. The predicted molar refractivity (Wildman–Crippen MR) is 97.1 cm³/mol. The van der Waals surface area contributed by atoms with Crippen molar-refractivity contribution in [1.29, 1.82) is 0 Å². The van der Waals surface area contributed by atoms with Gasteiger partial charge in [0.2, 0.25) is 15.9 Å². The number of sulfonamides is 1. The van der Waals surface area contributed by atoms with Gasteiger partial charge in [0, 0.05) is 6.54 Å². The Morgan fingerprint density at radius 1 is 1.12 bits per heavy atom. The first-order valence-corrected chi connectivity index (χ1v) is 9.18. The minimum Gasteiger partial charge on any atom is -0.344 e. The molecule has 130 valence electrons. The second kappa shape index (κ2) is 8.47. The van der Waals surface area contributed by atoms with E-state index in [9.17, 15) is 13.2 Å². The Morgan fingerprint density at radius 2 is 1.76 bits per heavy atom. The van der Waals surface area contributed by atoms with Crippen molar-refractivity contribution in [3.05, 3.63) is 65.7 Å². The van der Waals surface area contributed by atoms with Crippen LogP contribution in [-0.4, -0.2) is 31.7 Å². The molecule has 2 aromatic carbocycles. The largest absolute Gasteiger partial charge is 0.344 e.